The molecule has 1 N–H and O–H groups in total. The maximum atomic E-state index is 5.64. The van der Waals surface area contributed by atoms with Crippen LogP contribution >= 0.6 is 0 Å². The van der Waals surface area contributed by atoms with Crippen LogP contribution in [0.15, 0.2) is 18.2 Å². The van der Waals surface area contributed by atoms with E-state index >= 15 is 0 Å². The van der Waals surface area contributed by atoms with Crippen molar-refractivity contribution in [3.63, 3.8) is 0 Å². The van der Waals surface area contributed by atoms with Crippen molar-refractivity contribution in [3.05, 3.63) is 23.9 Å². The third kappa shape index (κ3) is 6.60. The quantitative estimate of drug-likeness (QED) is 0.637. The first-order valence-electron chi connectivity index (χ1n) is 7.08. The number of pyridine rings is 1. The van der Waals surface area contributed by atoms with Crippen molar-refractivity contribution in [3.8, 4) is 0 Å². The summed E-state index contributed by atoms with van der Waals surface area (Å²) in [5, 5.41) is 3.03. The molecule has 0 spiro atoms. The van der Waals surface area contributed by atoms with E-state index in [1.807, 2.05) is 25.2 Å². The zero-order chi connectivity index (χ0) is 13.1. The normalized spacial score (nSPS) is 10.6. The van der Waals surface area contributed by atoms with E-state index in [-0.39, 0.29) is 0 Å². The molecule has 18 heavy (non-hydrogen) atoms. The standard InChI is InChI=1S/C15H26N2O/c1-3-4-5-6-7-8-12-18-13-14-10-9-11-15(16-2)17-14/h9-11H,3-8,12-13H2,1-2H3,(H,16,17). The van der Waals surface area contributed by atoms with Crippen LogP contribution in [-0.4, -0.2) is 18.6 Å². The second kappa shape index (κ2) is 9.89. The second-order valence-corrected chi connectivity index (χ2v) is 4.58. The number of aromatic nitrogens is 1. The van der Waals surface area contributed by atoms with Gasteiger partial charge in [0.25, 0.3) is 0 Å². The third-order valence-corrected chi connectivity index (χ3v) is 2.96. The Hall–Kier alpha value is -1.09. The van der Waals surface area contributed by atoms with E-state index in [0.717, 1.165) is 24.5 Å². The minimum Gasteiger partial charge on any atom is -0.375 e. The van der Waals surface area contributed by atoms with Gasteiger partial charge in [0.1, 0.15) is 5.82 Å². The Morgan fingerprint density at radius 2 is 1.89 bits per heavy atom. The Morgan fingerprint density at radius 3 is 2.67 bits per heavy atom. The minimum atomic E-state index is 0.616. The van der Waals surface area contributed by atoms with Gasteiger partial charge in [0.2, 0.25) is 0 Å². The van der Waals surface area contributed by atoms with Crippen LogP contribution in [0.25, 0.3) is 0 Å². The van der Waals surface area contributed by atoms with E-state index in [1.54, 1.807) is 0 Å². The van der Waals surface area contributed by atoms with E-state index in [2.05, 4.69) is 17.2 Å². The van der Waals surface area contributed by atoms with Crippen molar-refractivity contribution in [2.24, 2.45) is 0 Å². The van der Waals surface area contributed by atoms with Crippen LogP contribution in [0.1, 0.15) is 51.1 Å². The lowest BCUT2D eigenvalue weighted by atomic mass is 10.1. The Morgan fingerprint density at radius 1 is 1.11 bits per heavy atom. The van der Waals surface area contributed by atoms with Crippen molar-refractivity contribution < 1.29 is 4.74 Å². The number of rotatable bonds is 10. The summed E-state index contributed by atoms with van der Waals surface area (Å²) < 4.78 is 5.64. The SMILES string of the molecule is CCCCCCCCOCc1cccc(NC)n1. The number of anilines is 1. The number of nitrogens with zero attached hydrogens (tertiary/aromatic N) is 1. The summed E-state index contributed by atoms with van der Waals surface area (Å²) in [7, 11) is 1.88. The van der Waals surface area contributed by atoms with Gasteiger partial charge in [-0.15, -0.1) is 0 Å². The van der Waals surface area contributed by atoms with Crippen LogP contribution < -0.4 is 5.32 Å². The third-order valence-electron chi connectivity index (χ3n) is 2.96. The first-order valence-corrected chi connectivity index (χ1v) is 7.08. The molecule has 0 fully saturated rings. The van der Waals surface area contributed by atoms with Crippen LogP contribution in [0.5, 0.6) is 0 Å². The topological polar surface area (TPSA) is 34.1 Å². The van der Waals surface area contributed by atoms with Gasteiger partial charge in [-0.05, 0) is 18.6 Å². The minimum absolute atomic E-state index is 0.616. The number of hydrogen-bond donors (Lipinski definition) is 1. The van der Waals surface area contributed by atoms with Gasteiger partial charge in [-0.1, -0.05) is 45.1 Å². The zero-order valence-corrected chi connectivity index (χ0v) is 11.7. The summed E-state index contributed by atoms with van der Waals surface area (Å²) in [6.07, 6.45) is 7.82. The van der Waals surface area contributed by atoms with E-state index < -0.39 is 0 Å². The highest BCUT2D eigenvalue weighted by molar-refractivity contribution is 5.33. The Labute approximate surface area is 111 Å². The number of unbranched alkanes of at least 4 members (excludes halogenated alkanes) is 5. The maximum absolute atomic E-state index is 5.64. The number of ether oxygens (including phenoxy) is 1. The summed E-state index contributed by atoms with van der Waals surface area (Å²) in [6, 6.07) is 5.96. The molecule has 0 radical (unpaired) electrons. The Balaban J connectivity index is 2.03. The molecule has 3 nitrogen and oxygen atoms in total. The molecule has 0 unspecified atom stereocenters. The highest BCUT2D eigenvalue weighted by Crippen LogP contribution is 2.07. The number of hydrogen-bond acceptors (Lipinski definition) is 3. The van der Waals surface area contributed by atoms with Gasteiger partial charge in [0.05, 0.1) is 12.3 Å². The van der Waals surface area contributed by atoms with Crippen LogP contribution in [-0.2, 0) is 11.3 Å². The molecule has 0 aliphatic heterocycles. The zero-order valence-electron chi connectivity index (χ0n) is 11.7. The van der Waals surface area contributed by atoms with Gasteiger partial charge in [0, 0.05) is 13.7 Å². The van der Waals surface area contributed by atoms with Gasteiger partial charge >= 0.3 is 0 Å². The fourth-order valence-corrected chi connectivity index (χ4v) is 1.86. The molecule has 1 aromatic rings. The van der Waals surface area contributed by atoms with Crippen LogP contribution in [0.3, 0.4) is 0 Å². The van der Waals surface area contributed by atoms with Crippen molar-refractivity contribution in [2.45, 2.75) is 52.1 Å². The lowest BCUT2D eigenvalue weighted by molar-refractivity contribution is 0.114. The molecular formula is C15H26N2O. The molecule has 102 valence electrons. The molecule has 3 heteroatoms. The van der Waals surface area contributed by atoms with Crippen LogP contribution in [0.2, 0.25) is 0 Å². The first-order chi connectivity index (χ1) is 8.86. The number of nitrogens with one attached hydrogen (secondary N) is 1. The Kier molecular flexibility index (Phi) is 8.23. The van der Waals surface area contributed by atoms with Crippen molar-refractivity contribution in [1.29, 1.82) is 0 Å². The molecule has 1 aromatic heterocycles. The lowest BCUT2D eigenvalue weighted by Crippen LogP contribution is -2.00. The molecule has 0 bridgehead atoms. The second-order valence-electron chi connectivity index (χ2n) is 4.58. The summed E-state index contributed by atoms with van der Waals surface area (Å²) in [6.45, 7) is 3.71. The Bertz CT molecular complexity index is 315. The average molecular weight is 250 g/mol. The van der Waals surface area contributed by atoms with E-state index in [0.29, 0.717) is 6.61 Å². The van der Waals surface area contributed by atoms with Gasteiger partial charge in [-0.3, -0.25) is 0 Å². The largest absolute Gasteiger partial charge is 0.375 e. The van der Waals surface area contributed by atoms with Gasteiger partial charge < -0.3 is 10.1 Å². The molecule has 0 amide bonds. The maximum Gasteiger partial charge on any atom is 0.126 e. The molecule has 0 aliphatic rings. The predicted molar refractivity (Wildman–Crippen MR) is 76.8 cm³/mol. The van der Waals surface area contributed by atoms with Crippen molar-refractivity contribution >= 4 is 5.82 Å². The first kappa shape index (κ1) is 15.0. The van der Waals surface area contributed by atoms with Gasteiger partial charge in [-0.25, -0.2) is 4.98 Å². The highest BCUT2D eigenvalue weighted by Gasteiger charge is 1.97. The van der Waals surface area contributed by atoms with Gasteiger partial charge in [0.15, 0.2) is 0 Å². The smallest absolute Gasteiger partial charge is 0.126 e. The van der Waals surface area contributed by atoms with Crippen LogP contribution in [0, 0.1) is 0 Å². The molecule has 0 atom stereocenters. The fraction of sp³-hybridized carbons (Fsp3) is 0.667. The average Bonchev–Trinajstić information content (AvgIpc) is 2.42. The summed E-state index contributed by atoms with van der Waals surface area (Å²) >= 11 is 0. The lowest BCUT2D eigenvalue weighted by Gasteiger charge is -2.05. The van der Waals surface area contributed by atoms with Crippen LogP contribution in [0.4, 0.5) is 5.82 Å². The van der Waals surface area contributed by atoms with E-state index in [4.69, 9.17) is 4.74 Å². The molecule has 0 aromatic carbocycles. The predicted octanol–water partition coefficient (Wildman–Crippen LogP) is 4.00. The van der Waals surface area contributed by atoms with E-state index in [9.17, 15) is 0 Å². The molecule has 0 aliphatic carbocycles. The van der Waals surface area contributed by atoms with Crippen molar-refractivity contribution in [2.75, 3.05) is 19.0 Å². The molecule has 0 saturated heterocycles. The monoisotopic (exact) mass is 250 g/mol. The molecule has 1 heterocycles. The molecular weight excluding hydrogens is 224 g/mol. The van der Waals surface area contributed by atoms with Gasteiger partial charge in [-0.2, -0.15) is 0 Å². The fourth-order valence-electron chi connectivity index (χ4n) is 1.86. The summed E-state index contributed by atoms with van der Waals surface area (Å²) in [5.41, 5.74) is 0.993. The van der Waals surface area contributed by atoms with Crippen molar-refractivity contribution in [1.82, 2.24) is 4.98 Å². The molecule has 1 rings (SSSR count). The summed E-state index contributed by atoms with van der Waals surface area (Å²) in [5.74, 6) is 0.899. The summed E-state index contributed by atoms with van der Waals surface area (Å²) in [4.78, 5) is 4.41. The highest BCUT2D eigenvalue weighted by atomic mass is 16.5. The van der Waals surface area contributed by atoms with E-state index in [1.165, 1.54) is 32.1 Å². The molecule has 0 saturated carbocycles.